The first-order valence-electron chi connectivity index (χ1n) is 8.03. The quantitative estimate of drug-likeness (QED) is 0.397. The molecule has 4 aromatic rings. The molecule has 0 saturated carbocycles. The first kappa shape index (κ1) is 17.5. The number of imidazole rings is 1. The number of nitriles is 1. The van der Waals surface area contributed by atoms with Gasteiger partial charge in [0.25, 0.3) is 0 Å². The second kappa shape index (κ2) is 7.03. The molecule has 0 amide bonds. The van der Waals surface area contributed by atoms with Crippen LogP contribution in [0.4, 0.5) is 0 Å². The summed E-state index contributed by atoms with van der Waals surface area (Å²) in [4.78, 5) is 11.7. The number of aromatic nitrogens is 3. The first-order chi connectivity index (χ1) is 13.0. The summed E-state index contributed by atoms with van der Waals surface area (Å²) in [6.45, 7) is 1.95. The van der Waals surface area contributed by atoms with Crippen molar-refractivity contribution in [2.45, 2.75) is 6.92 Å². The lowest BCUT2D eigenvalue weighted by Crippen LogP contribution is -1.84. The summed E-state index contributed by atoms with van der Waals surface area (Å²) < 4.78 is 6.69. The number of H-pyrrole nitrogens is 1. The Morgan fingerprint density at radius 3 is 2.93 bits per heavy atom. The molecule has 0 fully saturated rings. The molecule has 0 aliphatic rings. The summed E-state index contributed by atoms with van der Waals surface area (Å²) in [5.74, 6) is 1.66. The van der Waals surface area contributed by atoms with Crippen LogP contribution in [0.25, 0.3) is 34.1 Å². The predicted molar refractivity (Wildman–Crippen MR) is 109 cm³/mol. The van der Waals surface area contributed by atoms with E-state index in [-0.39, 0.29) is 0 Å². The highest BCUT2D eigenvalue weighted by Crippen LogP contribution is 2.28. The molecule has 0 unspecified atom stereocenters. The molecule has 0 spiro atoms. The summed E-state index contributed by atoms with van der Waals surface area (Å²) in [6.07, 6.45) is 3.31. The van der Waals surface area contributed by atoms with Gasteiger partial charge in [-0.15, -0.1) is 0 Å². The van der Waals surface area contributed by atoms with E-state index in [2.05, 4.69) is 37.0 Å². The van der Waals surface area contributed by atoms with Crippen LogP contribution in [0, 0.1) is 18.3 Å². The van der Waals surface area contributed by atoms with E-state index in [1.165, 1.54) is 0 Å². The number of nitrogens with zero attached hydrogens (tertiary/aromatic N) is 3. The molecule has 5 nitrogen and oxygen atoms in total. The molecular weight excluding hydrogens is 428 g/mol. The van der Waals surface area contributed by atoms with Gasteiger partial charge >= 0.3 is 0 Å². The SMILES string of the molecule is Cc1ccc(-c2ccc(/C=C(\C#N)c3nc4ncc(Br)cc4[nH]3)o2)cc1Cl. The van der Waals surface area contributed by atoms with Gasteiger partial charge < -0.3 is 9.40 Å². The Morgan fingerprint density at radius 1 is 1.30 bits per heavy atom. The van der Waals surface area contributed by atoms with Gasteiger partial charge in [-0.1, -0.05) is 23.7 Å². The van der Waals surface area contributed by atoms with Gasteiger partial charge in [-0.05, 0) is 52.7 Å². The van der Waals surface area contributed by atoms with Crippen LogP contribution >= 0.6 is 27.5 Å². The highest BCUT2D eigenvalue weighted by atomic mass is 79.9. The maximum absolute atomic E-state index is 9.54. The van der Waals surface area contributed by atoms with Gasteiger partial charge in [-0.25, -0.2) is 9.97 Å². The van der Waals surface area contributed by atoms with Crippen LogP contribution in [0.15, 0.2) is 51.5 Å². The van der Waals surface area contributed by atoms with E-state index < -0.39 is 0 Å². The van der Waals surface area contributed by atoms with Crippen LogP contribution in [-0.4, -0.2) is 15.0 Å². The molecular formula is C20H12BrClN4O. The predicted octanol–water partition coefficient (Wildman–Crippen LogP) is 6.01. The van der Waals surface area contributed by atoms with Crippen molar-refractivity contribution >= 4 is 50.3 Å². The number of halogens is 2. The number of nitrogens with one attached hydrogen (secondary N) is 1. The second-order valence-corrected chi connectivity index (χ2v) is 7.27. The Balaban J connectivity index is 1.69. The monoisotopic (exact) mass is 438 g/mol. The number of aromatic amines is 1. The molecule has 3 heterocycles. The minimum Gasteiger partial charge on any atom is -0.457 e. The first-order valence-corrected chi connectivity index (χ1v) is 9.20. The number of hydrogen-bond donors (Lipinski definition) is 1. The van der Waals surface area contributed by atoms with Crippen molar-refractivity contribution < 1.29 is 4.42 Å². The maximum Gasteiger partial charge on any atom is 0.178 e. The molecule has 1 aromatic carbocycles. The third kappa shape index (κ3) is 3.52. The van der Waals surface area contributed by atoms with Crippen LogP contribution in [0.2, 0.25) is 5.02 Å². The fraction of sp³-hybridized carbons (Fsp3) is 0.0500. The standard InChI is InChI=1S/C20H12BrClN4O/c1-11-2-3-12(7-16(11)22)18-5-4-15(27-18)6-13(9-23)19-25-17-8-14(21)10-24-20(17)26-19/h2-8,10H,1H3,(H,24,25,26)/b13-6+. The minimum atomic E-state index is 0.354. The zero-order valence-electron chi connectivity index (χ0n) is 14.1. The molecule has 0 aliphatic heterocycles. The number of hydrogen-bond acceptors (Lipinski definition) is 4. The fourth-order valence-corrected chi connectivity index (χ4v) is 3.14. The van der Waals surface area contributed by atoms with Gasteiger partial charge in [0, 0.05) is 27.3 Å². The molecule has 27 heavy (non-hydrogen) atoms. The van der Waals surface area contributed by atoms with Crippen molar-refractivity contribution in [1.29, 1.82) is 5.26 Å². The number of furan rings is 1. The van der Waals surface area contributed by atoms with Crippen molar-refractivity contribution in [2.24, 2.45) is 0 Å². The molecule has 0 radical (unpaired) electrons. The number of aryl methyl sites for hydroxylation is 1. The van der Waals surface area contributed by atoms with E-state index in [9.17, 15) is 5.26 Å². The van der Waals surface area contributed by atoms with E-state index >= 15 is 0 Å². The number of pyridine rings is 1. The zero-order chi connectivity index (χ0) is 19.0. The highest BCUT2D eigenvalue weighted by molar-refractivity contribution is 9.10. The van der Waals surface area contributed by atoms with E-state index in [1.54, 1.807) is 18.3 Å². The zero-order valence-corrected chi connectivity index (χ0v) is 16.5. The van der Waals surface area contributed by atoms with Gasteiger partial charge in [0.2, 0.25) is 0 Å². The van der Waals surface area contributed by atoms with E-state index in [4.69, 9.17) is 16.0 Å². The van der Waals surface area contributed by atoms with Crippen LogP contribution in [0.1, 0.15) is 17.1 Å². The Bertz CT molecular complexity index is 1230. The van der Waals surface area contributed by atoms with Crippen LogP contribution in [0.3, 0.4) is 0 Å². The van der Waals surface area contributed by atoms with Gasteiger partial charge in [0.1, 0.15) is 17.6 Å². The average molecular weight is 440 g/mol. The molecule has 7 heteroatoms. The lowest BCUT2D eigenvalue weighted by Gasteiger charge is -2.00. The van der Waals surface area contributed by atoms with Crippen LogP contribution < -0.4 is 0 Å². The van der Waals surface area contributed by atoms with Gasteiger partial charge in [-0.2, -0.15) is 5.26 Å². The molecule has 1 N–H and O–H groups in total. The summed E-state index contributed by atoms with van der Waals surface area (Å²) in [6, 6.07) is 13.4. The van der Waals surface area contributed by atoms with E-state index in [1.807, 2.05) is 37.3 Å². The highest BCUT2D eigenvalue weighted by Gasteiger charge is 2.11. The summed E-state index contributed by atoms with van der Waals surface area (Å²) >= 11 is 9.56. The fourth-order valence-electron chi connectivity index (χ4n) is 2.63. The topological polar surface area (TPSA) is 78.5 Å². The number of allylic oxidation sites excluding steroid dienone is 1. The third-order valence-corrected chi connectivity index (χ3v) is 4.89. The Labute approximate surface area is 168 Å². The second-order valence-electron chi connectivity index (χ2n) is 5.95. The average Bonchev–Trinajstić information content (AvgIpc) is 3.28. The van der Waals surface area contributed by atoms with E-state index in [0.29, 0.717) is 33.6 Å². The summed E-state index contributed by atoms with van der Waals surface area (Å²) in [5, 5.41) is 10.2. The molecule has 0 atom stereocenters. The van der Waals surface area contributed by atoms with Crippen molar-refractivity contribution in [3.05, 3.63) is 69.2 Å². The molecule has 4 rings (SSSR count). The van der Waals surface area contributed by atoms with Gasteiger partial charge in [-0.3, -0.25) is 0 Å². The van der Waals surface area contributed by atoms with Crippen molar-refractivity contribution in [3.8, 4) is 17.4 Å². The lowest BCUT2D eigenvalue weighted by atomic mass is 10.1. The lowest BCUT2D eigenvalue weighted by molar-refractivity contribution is 0.572. The van der Waals surface area contributed by atoms with Gasteiger partial charge in [0.05, 0.1) is 11.1 Å². The van der Waals surface area contributed by atoms with Gasteiger partial charge in [0.15, 0.2) is 11.5 Å². The molecule has 3 aromatic heterocycles. The van der Waals surface area contributed by atoms with E-state index in [0.717, 1.165) is 21.1 Å². The minimum absolute atomic E-state index is 0.354. The third-order valence-electron chi connectivity index (χ3n) is 4.05. The van der Waals surface area contributed by atoms with Crippen LogP contribution in [0.5, 0.6) is 0 Å². The van der Waals surface area contributed by atoms with Crippen molar-refractivity contribution in [3.63, 3.8) is 0 Å². The summed E-state index contributed by atoms with van der Waals surface area (Å²) in [5.41, 5.74) is 3.52. The Morgan fingerprint density at radius 2 is 2.15 bits per heavy atom. The maximum atomic E-state index is 9.54. The molecule has 0 bridgehead atoms. The smallest absolute Gasteiger partial charge is 0.178 e. The Kier molecular flexibility index (Phi) is 4.56. The molecule has 0 saturated heterocycles. The normalized spacial score (nSPS) is 11.7. The van der Waals surface area contributed by atoms with Crippen LogP contribution in [-0.2, 0) is 0 Å². The molecule has 0 aliphatic carbocycles. The molecule has 132 valence electrons. The largest absolute Gasteiger partial charge is 0.457 e. The summed E-state index contributed by atoms with van der Waals surface area (Å²) in [7, 11) is 0. The van der Waals surface area contributed by atoms with Crippen molar-refractivity contribution in [2.75, 3.05) is 0 Å². The number of fused-ring (bicyclic) bond motifs is 1. The number of benzene rings is 1. The van der Waals surface area contributed by atoms with Crippen molar-refractivity contribution in [1.82, 2.24) is 15.0 Å². The number of rotatable bonds is 3. The Hall–Kier alpha value is -2.88.